The Morgan fingerprint density at radius 2 is 1.59 bits per heavy atom. The average Bonchev–Trinajstić information content (AvgIpc) is 3.34. The number of aliphatic hydroxyl groups is 1. The van der Waals surface area contributed by atoms with E-state index in [-0.39, 0.29) is 31.2 Å². The third kappa shape index (κ3) is 2.57. The molecule has 4 atom stereocenters. The van der Waals surface area contributed by atoms with Crippen LogP contribution in [0.5, 0.6) is 23.0 Å². The molecule has 29 heavy (non-hydrogen) atoms. The largest absolute Gasteiger partial charge is 0.496 e. The summed E-state index contributed by atoms with van der Waals surface area (Å²) in [4.78, 5) is 12.7. The van der Waals surface area contributed by atoms with Gasteiger partial charge in [0.25, 0.3) is 0 Å². The van der Waals surface area contributed by atoms with E-state index in [1.54, 1.807) is 14.2 Å². The number of ether oxygens (including phenoxy) is 5. The summed E-state index contributed by atoms with van der Waals surface area (Å²) in [6, 6.07) is 7.54. The van der Waals surface area contributed by atoms with Crippen molar-refractivity contribution < 1.29 is 33.6 Å². The van der Waals surface area contributed by atoms with Crippen LogP contribution in [0, 0.1) is 18.8 Å². The Balaban J connectivity index is 1.75. The zero-order chi connectivity index (χ0) is 20.3. The van der Waals surface area contributed by atoms with Crippen molar-refractivity contribution in [3.8, 4) is 23.0 Å². The fourth-order valence-corrected chi connectivity index (χ4v) is 4.82. The van der Waals surface area contributed by atoms with E-state index >= 15 is 0 Å². The summed E-state index contributed by atoms with van der Waals surface area (Å²) in [5.74, 6) is 1.09. The normalized spacial score (nSPS) is 26.6. The lowest BCUT2D eigenvalue weighted by Gasteiger charge is -2.37. The summed E-state index contributed by atoms with van der Waals surface area (Å²) in [5, 5.41) is 11.0. The van der Waals surface area contributed by atoms with Crippen molar-refractivity contribution in [2.75, 3.05) is 27.6 Å². The van der Waals surface area contributed by atoms with Crippen molar-refractivity contribution in [3.05, 3.63) is 46.5 Å². The molecule has 152 valence electrons. The monoisotopic (exact) mass is 398 g/mol. The van der Waals surface area contributed by atoms with Gasteiger partial charge in [0, 0.05) is 17.4 Å². The van der Waals surface area contributed by atoms with Crippen LogP contribution < -0.4 is 18.9 Å². The highest BCUT2D eigenvalue weighted by molar-refractivity contribution is 5.78. The zero-order valence-corrected chi connectivity index (χ0v) is 16.4. The van der Waals surface area contributed by atoms with Crippen LogP contribution in [0.3, 0.4) is 0 Å². The summed E-state index contributed by atoms with van der Waals surface area (Å²) in [7, 11) is 3.21. The van der Waals surface area contributed by atoms with Crippen molar-refractivity contribution >= 4 is 5.97 Å². The molecule has 7 heteroatoms. The van der Waals surface area contributed by atoms with Crippen LogP contribution in [0.4, 0.5) is 0 Å². The van der Waals surface area contributed by atoms with Gasteiger partial charge in [-0.25, -0.2) is 0 Å². The first kappa shape index (κ1) is 18.1. The van der Waals surface area contributed by atoms with Crippen molar-refractivity contribution in [2.45, 2.75) is 18.9 Å². The second-order valence-electron chi connectivity index (χ2n) is 7.63. The van der Waals surface area contributed by atoms with Gasteiger partial charge in [-0.2, -0.15) is 0 Å². The summed E-state index contributed by atoms with van der Waals surface area (Å²) in [6.07, 6.45) is -0.818. The van der Waals surface area contributed by atoms with Crippen LogP contribution in [0.2, 0.25) is 0 Å². The average molecular weight is 398 g/mol. The number of benzene rings is 2. The molecule has 0 spiro atoms. The number of cyclic esters (lactones) is 1. The predicted octanol–water partition coefficient (Wildman–Crippen LogP) is 2.71. The maximum atomic E-state index is 12.7. The van der Waals surface area contributed by atoms with Gasteiger partial charge in [-0.05, 0) is 47.9 Å². The molecule has 1 fully saturated rings. The number of carbonyl (C=O) groups excluding carboxylic acids is 1. The lowest BCUT2D eigenvalue weighted by atomic mass is 9.66. The molecule has 1 saturated heterocycles. The molecule has 5 rings (SSSR count). The van der Waals surface area contributed by atoms with E-state index in [0.717, 1.165) is 22.3 Å². The Hall–Kier alpha value is -2.93. The van der Waals surface area contributed by atoms with E-state index in [2.05, 4.69) is 0 Å². The second kappa shape index (κ2) is 6.56. The van der Waals surface area contributed by atoms with Crippen LogP contribution >= 0.6 is 0 Å². The molecule has 1 N–H and O–H groups in total. The van der Waals surface area contributed by atoms with Gasteiger partial charge in [-0.1, -0.05) is 0 Å². The van der Waals surface area contributed by atoms with Crippen molar-refractivity contribution in [1.29, 1.82) is 0 Å². The van der Waals surface area contributed by atoms with Gasteiger partial charge >= 0.3 is 5.97 Å². The summed E-state index contributed by atoms with van der Waals surface area (Å²) in [5.41, 5.74) is 3.31. The smallest absolute Gasteiger partial charge is 0.310 e. The lowest BCUT2D eigenvalue weighted by molar-refractivity contribution is -0.141. The Labute approximate surface area is 168 Å². The molecule has 2 heterocycles. The summed E-state index contributed by atoms with van der Waals surface area (Å²) >= 11 is 0. The fraction of sp³-hybridized carbons (Fsp3) is 0.409. The van der Waals surface area contributed by atoms with Gasteiger partial charge in [0.05, 0.1) is 32.8 Å². The highest BCUT2D eigenvalue weighted by Crippen LogP contribution is 2.54. The van der Waals surface area contributed by atoms with E-state index < -0.39 is 12.0 Å². The van der Waals surface area contributed by atoms with E-state index in [0.29, 0.717) is 23.0 Å². The number of methoxy groups -OCH3 is 2. The van der Waals surface area contributed by atoms with Crippen LogP contribution in [-0.4, -0.2) is 38.7 Å². The van der Waals surface area contributed by atoms with Gasteiger partial charge in [0.2, 0.25) is 6.79 Å². The first-order valence-corrected chi connectivity index (χ1v) is 9.54. The maximum absolute atomic E-state index is 12.7. The molecule has 2 aromatic rings. The van der Waals surface area contributed by atoms with Gasteiger partial charge in [0.15, 0.2) is 11.5 Å². The molecular weight excluding hydrogens is 376 g/mol. The summed E-state index contributed by atoms with van der Waals surface area (Å²) in [6.45, 7) is 2.25. The molecule has 7 nitrogen and oxygen atoms in total. The van der Waals surface area contributed by atoms with Crippen molar-refractivity contribution in [2.24, 2.45) is 11.8 Å². The number of aliphatic hydroxyl groups excluding tert-OH is 1. The Kier molecular flexibility index (Phi) is 4.10. The highest BCUT2D eigenvalue weighted by Gasteiger charge is 2.52. The van der Waals surface area contributed by atoms with E-state index in [1.165, 1.54) is 0 Å². The molecule has 0 radical (unpaired) electrons. The SMILES string of the molecule is COc1cc([C@@H]2c3cc4c(cc3[C@H](O)[C@H]3COC(=O)[C@H]23)OCO4)cc(OC)c1C. The van der Waals surface area contributed by atoms with E-state index in [4.69, 9.17) is 23.7 Å². The standard InChI is InChI=1S/C22H22O7/c1-10-15(25-2)4-11(5-16(10)26-3)19-12-6-17-18(29-9-28-17)7-13(12)21(23)14-8-27-22(24)20(14)19/h4-7,14,19-21,23H,8-9H2,1-3H3/t14-,19+,20-,21-/m0/s1. The summed E-state index contributed by atoms with van der Waals surface area (Å²) < 4.78 is 27.5. The van der Waals surface area contributed by atoms with Crippen LogP contribution in [0.15, 0.2) is 24.3 Å². The molecule has 2 aliphatic heterocycles. The van der Waals surface area contributed by atoms with Crippen molar-refractivity contribution in [1.82, 2.24) is 0 Å². The molecule has 0 aromatic heterocycles. The molecular formula is C22H22O7. The van der Waals surface area contributed by atoms with Gasteiger partial charge in [-0.3, -0.25) is 4.79 Å². The Bertz CT molecular complexity index is 974. The van der Waals surface area contributed by atoms with Gasteiger partial charge < -0.3 is 28.8 Å². The lowest BCUT2D eigenvalue weighted by Crippen LogP contribution is -2.34. The van der Waals surface area contributed by atoms with Crippen LogP contribution in [-0.2, 0) is 9.53 Å². The van der Waals surface area contributed by atoms with Gasteiger partial charge in [0.1, 0.15) is 11.5 Å². The molecule has 0 unspecified atom stereocenters. The number of hydrogen-bond donors (Lipinski definition) is 1. The molecule has 1 aliphatic carbocycles. The number of hydrogen-bond acceptors (Lipinski definition) is 7. The topological polar surface area (TPSA) is 83.5 Å². The van der Waals surface area contributed by atoms with E-state index in [1.807, 2.05) is 31.2 Å². The van der Waals surface area contributed by atoms with Crippen LogP contribution in [0.1, 0.15) is 34.3 Å². The predicted molar refractivity (Wildman–Crippen MR) is 102 cm³/mol. The molecule has 0 saturated carbocycles. The minimum atomic E-state index is -0.818. The Morgan fingerprint density at radius 1 is 0.966 bits per heavy atom. The third-order valence-corrected chi connectivity index (χ3v) is 6.28. The first-order chi connectivity index (χ1) is 14.0. The maximum Gasteiger partial charge on any atom is 0.310 e. The quantitative estimate of drug-likeness (QED) is 0.796. The fourth-order valence-electron chi connectivity index (χ4n) is 4.82. The third-order valence-electron chi connectivity index (χ3n) is 6.28. The molecule has 3 aliphatic rings. The van der Waals surface area contributed by atoms with Crippen molar-refractivity contribution in [3.63, 3.8) is 0 Å². The Morgan fingerprint density at radius 3 is 2.21 bits per heavy atom. The number of rotatable bonds is 3. The van der Waals surface area contributed by atoms with E-state index in [9.17, 15) is 9.90 Å². The minimum Gasteiger partial charge on any atom is -0.496 e. The van der Waals surface area contributed by atoms with Gasteiger partial charge in [-0.15, -0.1) is 0 Å². The first-order valence-electron chi connectivity index (χ1n) is 9.54. The minimum absolute atomic E-state index is 0.139. The number of esters is 1. The number of carbonyl (C=O) groups is 1. The zero-order valence-electron chi connectivity index (χ0n) is 16.4. The number of fused-ring (bicyclic) bond motifs is 3. The molecule has 0 amide bonds. The second-order valence-corrected chi connectivity index (χ2v) is 7.63. The highest BCUT2D eigenvalue weighted by atomic mass is 16.7. The van der Waals surface area contributed by atoms with Crippen LogP contribution in [0.25, 0.3) is 0 Å². The molecule has 2 aromatic carbocycles. The molecule has 0 bridgehead atoms.